The summed E-state index contributed by atoms with van der Waals surface area (Å²) in [6.45, 7) is 2.10. The van der Waals surface area contributed by atoms with Crippen LogP contribution in [0.15, 0.2) is 106 Å². The molecule has 0 aliphatic carbocycles. The molecule has 7 aromatic rings. The van der Waals surface area contributed by atoms with E-state index in [4.69, 9.17) is 13.6 Å². The molecule has 0 aliphatic heterocycles. The van der Waals surface area contributed by atoms with Crippen LogP contribution in [0.2, 0.25) is 0 Å². The van der Waals surface area contributed by atoms with E-state index in [9.17, 15) is 0 Å². The van der Waals surface area contributed by atoms with Gasteiger partial charge in [0.1, 0.15) is 28.1 Å². The zero-order valence-electron chi connectivity index (χ0n) is 19.5. The molecule has 5 aromatic carbocycles. The molecule has 3 heteroatoms. The lowest BCUT2D eigenvalue weighted by atomic mass is 10.0. The van der Waals surface area contributed by atoms with Gasteiger partial charge in [0.15, 0.2) is 0 Å². The van der Waals surface area contributed by atoms with Gasteiger partial charge in [-0.3, -0.25) is 0 Å². The largest absolute Gasteiger partial charge is 0.497 e. The van der Waals surface area contributed by atoms with Gasteiger partial charge < -0.3 is 13.6 Å². The molecule has 7 rings (SSSR count). The normalized spacial score (nSPS) is 11.7. The highest BCUT2D eigenvalue weighted by molar-refractivity contribution is 6.15. The third-order valence-electron chi connectivity index (χ3n) is 6.87. The predicted molar refractivity (Wildman–Crippen MR) is 143 cm³/mol. The molecule has 0 atom stereocenters. The Bertz CT molecular complexity index is 1870. The molecule has 0 saturated carbocycles. The van der Waals surface area contributed by atoms with E-state index in [0.29, 0.717) is 0 Å². The van der Waals surface area contributed by atoms with Gasteiger partial charge in [0.25, 0.3) is 0 Å². The molecule has 35 heavy (non-hydrogen) atoms. The van der Waals surface area contributed by atoms with Crippen LogP contribution in [0.4, 0.5) is 0 Å². The van der Waals surface area contributed by atoms with Crippen molar-refractivity contribution in [1.29, 1.82) is 0 Å². The standard InChI is InChI=1S/C32H22O3/c1-19-3-5-20(6-4-19)22-9-13-25-27-17-32-28(18-31(27)34-29(25)15-22)26-14-10-23(16-30(26)35-32)21-7-11-24(33-2)12-8-21/h3-18H,1-2H3. The lowest BCUT2D eigenvalue weighted by molar-refractivity contribution is 0.415. The minimum atomic E-state index is 0.847. The Kier molecular flexibility index (Phi) is 4.27. The van der Waals surface area contributed by atoms with Gasteiger partial charge in [0, 0.05) is 21.5 Å². The quantitative estimate of drug-likeness (QED) is 0.267. The molecule has 0 bridgehead atoms. The van der Waals surface area contributed by atoms with E-state index in [1.54, 1.807) is 7.11 Å². The van der Waals surface area contributed by atoms with Gasteiger partial charge in [-0.1, -0.05) is 54.1 Å². The second-order valence-electron chi connectivity index (χ2n) is 9.07. The molecule has 0 unspecified atom stereocenters. The molecule has 0 amide bonds. The maximum atomic E-state index is 6.33. The fourth-order valence-electron chi connectivity index (χ4n) is 4.93. The number of methoxy groups -OCH3 is 1. The highest BCUT2D eigenvalue weighted by Crippen LogP contribution is 2.39. The van der Waals surface area contributed by atoms with Crippen LogP contribution in [0.3, 0.4) is 0 Å². The Morgan fingerprint density at radius 2 is 0.886 bits per heavy atom. The van der Waals surface area contributed by atoms with E-state index in [0.717, 1.165) is 66.3 Å². The summed E-state index contributed by atoms with van der Waals surface area (Å²) in [5, 5.41) is 4.31. The van der Waals surface area contributed by atoms with Crippen molar-refractivity contribution >= 4 is 43.9 Å². The van der Waals surface area contributed by atoms with Gasteiger partial charge in [0.05, 0.1) is 7.11 Å². The summed E-state index contributed by atoms with van der Waals surface area (Å²) >= 11 is 0. The molecular formula is C32H22O3. The van der Waals surface area contributed by atoms with E-state index in [1.165, 1.54) is 11.1 Å². The van der Waals surface area contributed by atoms with Gasteiger partial charge in [0.2, 0.25) is 0 Å². The molecule has 0 aliphatic rings. The Morgan fingerprint density at radius 1 is 0.457 bits per heavy atom. The third-order valence-corrected chi connectivity index (χ3v) is 6.87. The van der Waals surface area contributed by atoms with Crippen molar-refractivity contribution in [3.63, 3.8) is 0 Å². The lowest BCUT2D eigenvalue weighted by Crippen LogP contribution is -1.82. The first-order chi connectivity index (χ1) is 17.2. The van der Waals surface area contributed by atoms with Crippen LogP contribution in [0.5, 0.6) is 5.75 Å². The number of hydrogen-bond donors (Lipinski definition) is 0. The Hall–Kier alpha value is -4.50. The molecule has 2 aromatic heterocycles. The number of aryl methyl sites for hydroxylation is 1. The fourth-order valence-corrected chi connectivity index (χ4v) is 4.93. The van der Waals surface area contributed by atoms with Gasteiger partial charge in [-0.15, -0.1) is 0 Å². The lowest BCUT2D eigenvalue weighted by Gasteiger charge is -2.03. The van der Waals surface area contributed by atoms with Crippen LogP contribution >= 0.6 is 0 Å². The number of benzene rings is 5. The zero-order valence-corrected chi connectivity index (χ0v) is 19.5. The van der Waals surface area contributed by atoms with E-state index in [1.807, 2.05) is 12.1 Å². The number of hydrogen-bond acceptors (Lipinski definition) is 3. The number of furan rings is 2. The van der Waals surface area contributed by atoms with Gasteiger partial charge in [-0.05, 0) is 77.7 Å². The van der Waals surface area contributed by atoms with Crippen molar-refractivity contribution < 1.29 is 13.6 Å². The number of ether oxygens (including phenoxy) is 1. The van der Waals surface area contributed by atoms with Crippen molar-refractivity contribution in [3.8, 4) is 28.0 Å². The summed E-state index contributed by atoms with van der Waals surface area (Å²) in [4.78, 5) is 0. The van der Waals surface area contributed by atoms with Gasteiger partial charge >= 0.3 is 0 Å². The molecule has 0 N–H and O–H groups in total. The highest BCUT2D eigenvalue weighted by Gasteiger charge is 2.14. The van der Waals surface area contributed by atoms with Gasteiger partial charge in [-0.25, -0.2) is 0 Å². The van der Waals surface area contributed by atoms with E-state index < -0.39 is 0 Å². The molecular weight excluding hydrogens is 432 g/mol. The molecule has 168 valence electrons. The number of rotatable bonds is 3. The van der Waals surface area contributed by atoms with Crippen molar-refractivity contribution in [2.24, 2.45) is 0 Å². The number of fused-ring (bicyclic) bond motifs is 6. The zero-order chi connectivity index (χ0) is 23.5. The van der Waals surface area contributed by atoms with Crippen LogP contribution in [0.1, 0.15) is 5.56 Å². The summed E-state index contributed by atoms with van der Waals surface area (Å²) in [7, 11) is 1.68. The molecule has 0 spiro atoms. The average molecular weight is 455 g/mol. The van der Waals surface area contributed by atoms with Crippen molar-refractivity contribution in [3.05, 3.63) is 103 Å². The van der Waals surface area contributed by atoms with E-state index >= 15 is 0 Å². The SMILES string of the molecule is COc1ccc(-c2ccc3c(c2)oc2cc4c(cc23)oc2cc(-c3ccc(C)cc3)ccc24)cc1. The summed E-state index contributed by atoms with van der Waals surface area (Å²) in [6.07, 6.45) is 0. The van der Waals surface area contributed by atoms with Crippen molar-refractivity contribution in [1.82, 2.24) is 0 Å². The van der Waals surface area contributed by atoms with Crippen LogP contribution in [0, 0.1) is 6.92 Å². The van der Waals surface area contributed by atoms with Crippen molar-refractivity contribution in [2.45, 2.75) is 6.92 Å². The molecule has 3 nitrogen and oxygen atoms in total. The minimum Gasteiger partial charge on any atom is -0.497 e. The monoisotopic (exact) mass is 454 g/mol. The van der Waals surface area contributed by atoms with Crippen LogP contribution in [0.25, 0.3) is 66.1 Å². The minimum absolute atomic E-state index is 0.847. The average Bonchev–Trinajstić information content (AvgIpc) is 3.43. The maximum Gasteiger partial charge on any atom is 0.136 e. The second-order valence-corrected chi connectivity index (χ2v) is 9.07. The summed E-state index contributed by atoms with van der Waals surface area (Å²) in [5.74, 6) is 0.847. The molecule has 2 heterocycles. The first-order valence-corrected chi connectivity index (χ1v) is 11.7. The van der Waals surface area contributed by atoms with Crippen LogP contribution in [-0.4, -0.2) is 7.11 Å². The van der Waals surface area contributed by atoms with Gasteiger partial charge in [-0.2, -0.15) is 0 Å². The fraction of sp³-hybridized carbons (Fsp3) is 0.0625. The molecule has 0 radical (unpaired) electrons. The van der Waals surface area contributed by atoms with E-state index in [2.05, 4.69) is 91.9 Å². The van der Waals surface area contributed by atoms with Crippen molar-refractivity contribution in [2.75, 3.05) is 7.11 Å². The Labute approximate surface area is 202 Å². The third kappa shape index (κ3) is 3.20. The first-order valence-electron chi connectivity index (χ1n) is 11.7. The highest BCUT2D eigenvalue weighted by atomic mass is 16.5. The summed E-state index contributed by atoms with van der Waals surface area (Å²) < 4.78 is 17.9. The second kappa shape index (κ2) is 7.51. The summed E-state index contributed by atoms with van der Waals surface area (Å²) in [5.41, 5.74) is 9.31. The molecule has 0 fully saturated rings. The Balaban J connectivity index is 1.35. The van der Waals surface area contributed by atoms with Crippen LogP contribution in [-0.2, 0) is 0 Å². The molecule has 0 saturated heterocycles. The maximum absolute atomic E-state index is 6.33. The topological polar surface area (TPSA) is 35.5 Å². The first kappa shape index (κ1) is 19.9. The smallest absolute Gasteiger partial charge is 0.136 e. The Morgan fingerprint density at radius 3 is 1.37 bits per heavy atom. The predicted octanol–water partition coefficient (Wildman–Crippen LogP) is 9.14. The van der Waals surface area contributed by atoms with E-state index in [-0.39, 0.29) is 0 Å². The van der Waals surface area contributed by atoms with Crippen LogP contribution < -0.4 is 4.74 Å². The summed E-state index contributed by atoms with van der Waals surface area (Å²) in [6, 6.07) is 33.7.